The van der Waals surface area contributed by atoms with Crippen LogP contribution in [-0.2, 0) is 0 Å². The highest BCUT2D eigenvalue weighted by Crippen LogP contribution is 2.30. The van der Waals surface area contributed by atoms with Crippen molar-refractivity contribution in [2.45, 2.75) is 25.4 Å². The zero-order valence-corrected chi connectivity index (χ0v) is 11.6. The van der Waals surface area contributed by atoms with Crippen molar-refractivity contribution in [2.24, 2.45) is 0 Å². The Morgan fingerprint density at radius 1 is 1.28 bits per heavy atom. The Balaban J connectivity index is 2.19. The van der Waals surface area contributed by atoms with Crippen LogP contribution in [0.2, 0.25) is 0 Å². The van der Waals surface area contributed by atoms with Gasteiger partial charge in [0.2, 0.25) is 0 Å². The number of aromatic nitrogens is 1. The summed E-state index contributed by atoms with van der Waals surface area (Å²) in [6.07, 6.45) is 3.74. The monoisotopic (exact) mass is 248 g/mol. The van der Waals surface area contributed by atoms with Gasteiger partial charge in [0.1, 0.15) is 0 Å². The number of hydrogen-bond acceptors (Lipinski definition) is 4. The third-order valence-corrected chi connectivity index (χ3v) is 3.97. The highest BCUT2D eigenvalue weighted by Gasteiger charge is 2.35. The molecule has 1 aliphatic heterocycles. The summed E-state index contributed by atoms with van der Waals surface area (Å²) >= 11 is 0. The molecule has 4 nitrogen and oxygen atoms in total. The average Bonchev–Trinajstić information content (AvgIpc) is 2.41. The summed E-state index contributed by atoms with van der Waals surface area (Å²) in [5.41, 5.74) is 1.40. The smallest absolute Gasteiger partial charge is 0.0500 e. The molecule has 0 amide bonds. The molecular formula is C14H24N4. The average molecular weight is 248 g/mol. The lowest BCUT2D eigenvalue weighted by atomic mass is 9.87. The van der Waals surface area contributed by atoms with Crippen LogP contribution in [0, 0.1) is 0 Å². The number of nitrogens with zero attached hydrogens (tertiary/aromatic N) is 2. The van der Waals surface area contributed by atoms with Crippen molar-refractivity contribution in [1.29, 1.82) is 0 Å². The number of piperazine rings is 1. The second-order valence-corrected chi connectivity index (χ2v) is 5.39. The van der Waals surface area contributed by atoms with E-state index >= 15 is 0 Å². The second-order valence-electron chi connectivity index (χ2n) is 5.39. The van der Waals surface area contributed by atoms with Gasteiger partial charge < -0.3 is 10.6 Å². The fourth-order valence-electron chi connectivity index (χ4n) is 2.91. The highest BCUT2D eigenvalue weighted by molar-refractivity contribution is 5.20. The van der Waals surface area contributed by atoms with Gasteiger partial charge in [0.15, 0.2) is 0 Å². The van der Waals surface area contributed by atoms with Crippen LogP contribution in [0.3, 0.4) is 0 Å². The molecule has 1 aliphatic rings. The van der Waals surface area contributed by atoms with Crippen LogP contribution in [0.4, 0.5) is 0 Å². The third kappa shape index (κ3) is 2.71. The second kappa shape index (κ2) is 5.78. The Morgan fingerprint density at radius 3 is 2.44 bits per heavy atom. The van der Waals surface area contributed by atoms with Gasteiger partial charge in [-0.15, -0.1) is 0 Å². The van der Waals surface area contributed by atoms with Crippen molar-refractivity contribution in [1.82, 2.24) is 20.5 Å². The molecule has 4 heteroatoms. The maximum Gasteiger partial charge on any atom is 0.0500 e. The van der Waals surface area contributed by atoms with Crippen LogP contribution in [-0.4, -0.2) is 48.6 Å². The first-order valence-electron chi connectivity index (χ1n) is 6.69. The topological polar surface area (TPSA) is 40.2 Å². The predicted octanol–water partition coefficient (Wildman–Crippen LogP) is 1.03. The van der Waals surface area contributed by atoms with Gasteiger partial charge in [0.25, 0.3) is 0 Å². The SMILES string of the molecule is CNC(c1ccncc1)C(C)(C)N1CCNCC1. The van der Waals surface area contributed by atoms with Crippen LogP contribution in [0.1, 0.15) is 25.5 Å². The van der Waals surface area contributed by atoms with Crippen molar-refractivity contribution in [3.8, 4) is 0 Å². The molecule has 1 unspecified atom stereocenters. The molecule has 0 spiro atoms. The Hall–Kier alpha value is -0.970. The van der Waals surface area contributed by atoms with Gasteiger partial charge in [-0.2, -0.15) is 0 Å². The molecule has 0 aliphatic carbocycles. The highest BCUT2D eigenvalue weighted by atomic mass is 15.3. The minimum Gasteiger partial charge on any atom is -0.314 e. The number of hydrogen-bond donors (Lipinski definition) is 2. The van der Waals surface area contributed by atoms with Crippen molar-refractivity contribution in [2.75, 3.05) is 33.2 Å². The van der Waals surface area contributed by atoms with Crippen LogP contribution >= 0.6 is 0 Å². The summed E-state index contributed by atoms with van der Waals surface area (Å²) in [6, 6.07) is 4.52. The molecule has 1 atom stereocenters. The number of pyridine rings is 1. The summed E-state index contributed by atoms with van der Waals surface area (Å²) in [4.78, 5) is 6.67. The van der Waals surface area contributed by atoms with Gasteiger partial charge in [0, 0.05) is 44.1 Å². The molecule has 2 N–H and O–H groups in total. The van der Waals surface area contributed by atoms with Gasteiger partial charge in [-0.05, 0) is 38.6 Å². The van der Waals surface area contributed by atoms with Crippen molar-refractivity contribution >= 4 is 0 Å². The van der Waals surface area contributed by atoms with E-state index in [1.54, 1.807) is 0 Å². The minimum atomic E-state index is 0.0954. The van der Waals surface area contributed by atoms with E-state index in [1.807, 2.05) is 19.4 Å². The Kier molecular flexibility index (Phi) is 4.32. The maximum atomic E-state index is 4.11. The van der Waals surface area contributed by atoms with Crippen LogP contribution < -0.4 is 10.6 Å². The van der Waals surface area contributed by atoms with Crippen molar-refractivity contribution in [3.63, 3.8) is 0 Å². The normalized spacial score (nSPS) is 19.7. The fourth-order valence-corrected chi connectivity index (χ4v) is 2.91. The third-order valence-electron chi connectivity index (χ3n) is 3.97. The molecule has 0 aromatic carbocycles. The van der Waals surface area contributed by atoms with Crippen molar-refractivity contribution < 1.29 is 0 Å². The Bertz CT molecular complexity index is 357. The van der Waals surface area contributed by atoms with Gasteiger partial charge in [-0.3, -0.25) is 9.88 Å². The maximum absolute atomic E-state index is 4.11. The summed E-state index contributed by atoms with van der Waals surface area (Å²) in [5.74, 6) is 0. The molecule has 1 aromatic heterocycles. The number of nitrogens with one attached hydrogen (secondary N) is 2. The lowest BCUT2D eigenvalue weighted by molar-refractivity contribution is 0.0699. The molecule has 2 rings (SSSR count). The molecule has 100 valence electrons. The molecule has 0 saturated carbocycles. The van der Waals surface area contributed by atoms with Crippen LogP contribution in [0.15, 0.2) is 24.5 Å². The standard InChI is InChI=1S/C14H24N4/c1-14(2,18-10-8-17-9-11-18)13(15-3)12-4-6-16-7-5-12/h4-7,13,15,17H,8-11H2,1-3H3. The molecule has 1 fully saturated rings. The van der Waals surface area contributed by atoms with E-state index in [1.165, 1.54) is 5.56 Å². The lowest BCUT2D eigenvalue weighted by Crippen LogP contribution is -2.58. The van der Waals surface area contributed by atoms with Crippen LogP contribution in [0.25, 0.3) is 0 Å². The van der Waals surface area contributed by atoms with E-state index in [2.05, 4.69) is 46.5 Å². The van der Waals surface area contributed by atoms with E-state index in [4.69, 9.17) is 0 Å². The predicted molar refractivity (Wildman–Crippen MR) is 74.6 cm³/mol. The van der Waals surface area contributed by atoms with E-state index < -0.39 is 0 Å². The first-order valence-corrected chi connectivity index (χ1v) is 6.69. The molecule has 1 saturated heterocycles. The van der Waals surface area contributed by atoms with Gasteiger partial charge in [0.05, 0.1) is 6.04 Å². The zero-order valence-electron chi connectivity index (χ0n) is 11.6. The first-order chi connectivity index (χ1) is 8.66. The quantitative estimate of drug-likeness (QED) is 0.835. The molecule has 0 bridgehead atoms. The summed E-state index contributed by atoms with van der Waals surface area (Å²) in [7, 11) is 2.04. The van der Waals surface area contributed by atoms with Gasteiger partial charge in [-0.25, -0.2) is 0 Å². The van der Waals surface area contributed by atoms with E-state index in [0.29, 0.717) is 6.04 Å². The fraction of sp³-hybridized carbons (Fsp3) is 0.643. The molecule has 2 heterocycles. The first kappa shape index (κ1) is 13.5. The van der Waals surface area contributed by atoms with E-state index in [-0.39, 0.29) is 5.54 Å². The molecule has 0 radical (unpaired) electrons. The van der Waals surface area contributed by atoms with Crippen LogP contribution in [0.5, 0.6) is 0 Å². The van der Waals surface area contributed by atoms with E-state index in [9.17, 15) is 0 Å². The largest absolute Gasteiger partial charge is 0.314 e. The van der Waals surface area contributed by atoms with Crippen molar-refractivity contribution in [3.05, 3.63) is 30.1 Å². The molecule has 18 heavy (non-hydrogen) atoms. The van der Waals surface area contributed by atoms with Gasteiger partial charge >= 0.3 is 0 Å². The minimum absolute atomic E-state index is 0.0954. The van der Waals surface area contributed by atoms with E-state index in [0.717, 1.165) is 26.2 Å². The summed E-state index contributed by atoms with van der Waals surface area (Å²) in [6.45, 7) is 9.01. The summed E-state index contributed by atoms with van der Waals surface area (Å²) < 4.78 is 0. The Labute approximate surface area is 110 Å². The molecule has 1 aromatic rings. The lowest BCUT2D eigenvalue weighted by Gasteiger charge is -2.46. The number of rotatable bonds is 4. The zero-order chi connectivity index (χ0) is 13.0. The van der Waals surface area contributed by atoms with Gasteiger partial charge in [-0.1, -0.05) is 0 Å². The summed E-state index contributed by atoms with van der Waals surface area (Å²) in [5, 5.41) is 6.88. The Morgan fingerprint density at radius 2 is 1.89 bits per heavy atom. The number of likely N-dealkylation sites (N-methyl/N-ethyl adjacent to an activating group) is 1. The molecular weight excluding hydrogens is 224 g/mol.